The molecule has 0 spiro atoms. The maximum atomic E-state index is 12.5. The number of likely N-dealkylation sites (tertiary alicyclic amines) is 1. The highest BCUT2D eigenvalue weighted by atomic mass is 32.1. The van der Waals surface area contributed by atoms with Crippen molar-refractivity contribution in [2.45, 2.75) is 57.4 Å². The number of carbonyl (C=O) groups excluding carboxylic acids is 2. The Hall–Kier alpha value is -1.16. The largest absolute Gasteiger partial charge is 0.339 e. The number of ketones is 1. The van der Waals surface area contributed by atoms with Gasteiger partial charge >= 0.3 is 0 Å². The van der Waals surface area contributed by atoms with Crippen LogP contribution in [0.4, 0.5) is 0 Å². The lowest BCUT2D eigenvalue weighted by Crippen LogP contribution is -2.41. The van der Waals surface area contributed by atoms with E-state index in [1.165, 1.54) is 4.88 Å². The Kier molecular flexibility index (Phi) is 4.73. The van der Waals surface area contributed by atoms with E-state index < -0.39 is 0 Å². The second kappa shape index (κ2) is 6.73. The zero-order valence-corrected chi connectivity index (χ0v) is 13.2. The van der Waals surface area contributed by atoms with Gasteiger partial charge in [-0.15, -0.1) is 11.3 Å². The molecule has 1 aromatic rings. The van der Waals surface area contributed by atoms with Crippen molar-refractivity contribution in [3.05, 3.63) is 22.4 Å². The summed E-state index contributed by atoms with van der Waals surface area (Å²) >= 11 is 1.76. The van der Waals surface area contributed by atoms with Gasteiger partial charge in [0, 0.05) is 36.2 Å². The zero-order valence-electron chi connectivity index (χ0n) is 12.4. The molecule has 2 unspecified atom stereocenters. The molecule has 0 radical (unpaired) electrons. The topological polar surface area (TPSA) is 37.4 Å². The predicted octanol–water partition coefficient (Wildman–Crippen LogP) is 3.43. The molecule has 21 heavy (non-hydrogen) atoms. The fourth-order valence-corrected chi connectivity index (χ4v) is 4.53. The number of Topliss-reactive ketones (excluding diaryl/α,β-unsaturated/α-hetero) is 1. The van der Waals surface area contributed by atoms with Gasteiger partial charge in [0.25, 0.3) is 0 Å². The normalized spacial score (nSPS) is 25.7. The van der Waals surface area contributed by atoms with E-state index in [1.54, 1.807) is 11.3 Å². The SMILES string of the molecule is O=C1CCCC1C1CCCN1C(=O)CCCc1cccs1. The van der Waals surface area contributed by atoms with Crippen LogP contribution in [-0.4, -0.2) is 29.2 Å². The molecule has 114 valence electrons. The van der Waals surface area contributed by atoms with E-state index in [0.717, 1.165) is 51.5 Å². The smallest absolute Gasteiger partial charge is 0.222 e. The summed E-state index contributed by atoms with van der Waals surface area (Å²) in [4.78, 5) is 27.8. The lowest BCUT2D eigenvalue weighted by atomic mass is 9.95. The number of thiophene rings is 1. The molecule has 2 fully saturated rings. The summed E-state index contributed by atoms with van der Waals surface area (Å²) in [7, 11) is 0. The van der Waals surface area contributed by atoms with Gasteiger partial charge in [0.1, 0.15) is 5.78 Å². The van der Waals surface area contributed by atoms with Crippen LogP contribution in [0.25, 0.3) is 0 Å². The van der Waals surface area contributed by atoms with Gasteiger partial charge in [-0.1, -0.05) is 6.07 Å². The lowest BCUT2D eigenvalue weighted by Gasteiger charge is -2.28. The van der Waals surface area contributed by atoms with E-state index >= 15 is 0 Å². The van der Waals surface area contributed by atoms with Crippen LogP contribution in [-0.2, 0) is 16.0 Å². The van der Waals surface area contributed by atoms with Gasteiger partial charge in [-0.05, 0) is 50.0 Å². The fourth-order valence-electron chi connectivity index (χ4n) is 3.78. The molecule has 1 amide bonds. The second-order valence-corrected chi connectivity index (χ2v) is 7.23. The molecule has 2 aliphatic rings. The molecular weight excluding hydrogens is 282 g/mol. The van der Waals surface area contributed by atoms with Crippen molar-refractivity contribution >= 4 is 23.0 Å². The first-order chi connectivity index (χ1) is 10.3. The summed E-state index contributed by atoms with van der Waals surface area (Å²) in [6, 6.07) is 4.39. The van der Waals surface area contributed by atoms with Crippen LogP contribution in [0.1, 0.15) is 49.8 Å². The van der Waals surface area contributed by atoms with E-state index in [-0.39, 0.29) is 17.9 Å². The number of hydrogen-bond acceptors (Lipinski definition) is 3. The highest BCUT2D eigenvalue weighted by Crippen LogP contribution is 2.33. The summed E-state index contributed by atoms with van der Waals surface area (Å²) in [5.41, 5.74) is 0. The Bertz CT molecular complexity index is 497. The Morgan fingerprint density at radius 3 is 2.95 bits per heavy atom. The number of aryl methyl sites for hydroxylation is 1. The minimum absolute atomic E-state index is 0.133. The third-order valence-electron chi connectivity index (χ3n) is 4.83. The average Bonchev–Trinajstić information content (AvgIpc) is 3.18. The Labute approximate surface area is 130 Å². The van der Waals surface area contributed by atoms with Crippen molar-refractivity contribution in [1.82, 2.24) is 4.90 Å². The van der Waals surface area contributed by atoms with Gasteiger partial charge in [0.05, 0.1) is 0 Å². The molecule has 3 rings (SSSR count). The van der Waals surface area contributed by atoms with Gasteiger partial charge in [0.2, 0.25) is 5.91 Å². The number of rotatable bonds is 5. The van der Waals surface area contributed by atoms with E-state index in [4.69, 9.17) is 0 Å². The summed E-state index contributed by atoms with van der Waals surface area (Å²) < 4.78 is 0. The molecule has 3 nitrogen and oxygen atoms in total. The number of nitrogens with zero attached hydrogens (tertiary/aromatic N) is 1. The van der Waals surface area contributed by atoms with Gasteiger partial charge < -0.3 is 4.90 Å². The van der Waals surface area contributed by atoms with Crippen LogP contribution in [0.15, 0.2) is 17.5 Å². The van der Waals surface area contributed by atoms with Gasteiger partial charge in [0.15, 0.2) is 0 Å². The van der Waals surface area contributed by atoms with Crippen molar-refractivity contribution in [3.8, 4) is 0 Å². The summed E-state index contributed by atoms with van der Waals surface area (Å²) in [6.45, 7) is 0.853. The molecule has 1 saturated carbocycles. The first-order valence-electron chi connectivity index (χ1n) is 8.10. The monoisotopic (exact) mass is 305 g/mol. The number of amides is 1. The van der Waals surface area contributed by atoms with Crippen molar-refractivity contribution in [3.63, 3.8) is 0 Å². The van der Waals surface area contributed by atoms with Crippen LogP contribution < -0.4 is 0 Å². The highest BCUT2D eigenvalue weighted by Gasteiger charge is 2.39. The maximum absolute atomic E-state index is 12.5. The van der Waals surface area contributed by atoms with E-state index in [0.29, 0.717) is 12.2 Å². The van der Waals surface area contributed by atoms with E-state index in [2.05, 4.69) is 17.5 Å². The lowest BCUT2D eigenvalue weighted by molar-refractivity contribution is -0.134. The zero-order chi connectivity index (χ0) is 14.7. The maximum Gasteiger partial charge on any atom is 0.222 e. The van der Waals surface area contributed by atoms with Crippen molar-refractivity contribution in [2.24, 2.45) is 5.92 Å². The molecule has 2 heterocycles. The molecule has 1 aliphatic carbocycles. The molecule has 1 aromatic heterocycles. The first kappa shape index (κ1) is 14.8. The summed E-state index contributed by atoms with van der Waals surface area (Å²) in [5.74, 6) is 0.779. The fraction of sp³-hybridized carbons (Fsp3) is 0.647. The van der Waals surface area contributed by atoms with Crippen molar-refractivity contribution < 1.29 is 9.59 Å². The third kappa shape index (κ3) is 3.37. The van der Waals surface area contributed by atoms with Crippen molar-refractivity contribution in [2.75, 3.05) is 6.54 Å². The number of carbonyl (C=O) groups is 2. The van der Waals surface area contributed by atoms with Crippen LogP contribution >= 0.6 is 11.3 Å². The van der Waals surface area contributed by atoms with Gasteiger partial charge in [-0.2, -0.15) is 0 Å². The average molecular weight is 305 g/mol. The van der Waals surface area contributed by atoms with Gasteiger partial charge in [-0.25, -0.2) is 0 Å². The standard InChI is InChI=1S/C17H23NO2S/c19-16-9-2-7-14(16)15-8-3-11-18(15)17(20)10-1-5-13-6-4-12-21-13/h4,6,12,14-15H,1-3,5,7-11H2. The third-order valence-corrected chi connectivity index (χ3v) is 5.77. The molecule has 0 aromatic carbocycles. The second-order valence-electron chi connectivity index (χ2n) is 6.19. The summed E-state index contributed by atoms with van der Waals surface area (Å²) in [6.07, 6.45) is 7.34. The quantitative estimate of drug-likeness (QED) is 0.836. The molecule has 1 aliphatic heterocycles. The molecule has 1 saturated heterocycles. The number of hydrogen-bond donors (Lipinski definition) is 0. The molecular formula is C17H23NO2S. The van der Waals surface area contributed by atoms with Gasteiger partial charge in [-0.3, -0.25) is 9.59 Å². The Morgan fingerprint density at radius 2 is 2.24 bits per heavy atom. The van der Waals surface area contributed by atoms with Crippen LogP contribution in [0, 0.1) is 5.92 Å². The highest BCUT2D eigenvalue weighted by molar-refractivity contribution is 7.09. The minimum atomic E-state index is 0.133. The first-order valence-corrected chi connectivity index (χ1v) is 8.98. The van der Waals surface area contributed by atoms with E-state index in [1.807, 2.05) is 4.90 Å². The molecule has 2 atom stereocenters. The van der Waals surface area contributed by atoms with Crippen LogP contribution in [0.3, 0.4) is 0 Å². The summed E-state index contributed by atoms with van der Waals surface area (Å²) in [5, 5.41) is 2.08. The molecule has 0 N–H and O–H groups in total. The van der Waals surface area contributed by atoms with E-state index in [9.17, 15) is 9.59 Å². The Morgan fingerprint density at radius 1 is 1.33 bits per heavy atom. The minimum Gasteiger partial charge on any atom is -0.339 e. The molecule has 4 heteroatoms. The predicted molar refractivity (Wildman–Crippen MR) is 84.3 cm³/mol. The van der Waals surface area contributed by atoms with Crippen LogP contribution in [0.5, 0.6) is 0 Å². The van der Waals surface area contributed by atoms with Crippen LogP contribution in [0.2, 0.25) is 0 Å². The Balaban J connectivity index is 1.52. The molecule has 0 bridgehead atoms. The van der Waals surface area contributed by atoms with Crippen molar-refractivity contribution in [1.29, 1.82) is 0 Å².